The Labute approximate surface area is 210 Å². The largest absolute Gasteiger partial charge is 0.503 e. The number of amides is 1. The standard InChI is InChI=1S/C27H32N2O7/c1-33-21-16-18(17-22(34-2)26(21)35-3)24-23(20(30)10-9-19-8-7-15-36-19)25(31)27(32)29(24)14-13-28-11-5-4-6-12-28/h7-10,15-17,24,31H,4-6,11-14H2,1-3H3/b10-9+. The minimum absolute atomic E-state index is 0.00396. The summed E-state index contributed by atoms with van der Waals surface area (Å²) in [6, 6.07) is 6.00. The molecule has 1 saturated heterocycles. The maximum atomic E-state index is 13.3. The Kier molecular flexibility index (Phi) is 8.00. The lowest BCUT2D eigenvalue weighted by Gasteiger charge is -2.32. The van der Waals surface area contributed by atoms with Gasteiger partial charge in [0, 0.05) is 13.1 Å². The van der Waals surface area contributed by atoms with Crippen LogP contribution in [0.25, 0.3) is 6.08 Å². The van der Waals surface area contributed by atoms with E-state index in [-0.39, 0.29) is 5.57 Å². The number of benzene rings is 1. The molecule has 0 radical (unpaired) electrons. The second-order valence-electron chi connectivity index (χ2n) is 8.74. The maximum Gasteiger partial charge on any atom is 0.290 e. The van der Waals surface area contributed by atoms with Crippen LogP contribution in [0.5, 0.6) is 17.2 Å². The molecule has 2 aromatic rings. The molecule has 2 aliphatic heterocycles. The minimum Gasteiger partial charge on any atom is -0.503 e. The van der Waals surface area contributed by atoms with Crippen molar-refractivity contribution in [2.75, 3.05) is 47.5 Å². The van der Waals surface area contributed by atoms with E-state index in [1.807, 2.05) is 0 Å². The van der Waals surface area contributed by atoms with Crippen LogP contribution >= 0.6 is 0 Å². The number of rotatable bonds is 10. The summed E-state index contributed by atoms with van der Waals surface area (Å²) >= 11 is 0. The molecule has 192 valence electrons. The number of ether oxygens (including phenoxy) is 3. The van der Waals surface area contributed by atoms with Crippen LogP contribution in [0.15, 0.2) is 52.4 Å². The van der Waals surface area contributed by atoms with Crippen molar-refractivity contribution in [3.63, 3.8) is 0 Å². The third-order valence-electron chi connectivity index (χ3n) is 6.62. The molecule has 2 aliphatic rings. The van der Waals surface area contributed by atoms with Gasteiger partial charge in [-0.1, -0.05) is 6.42 Å². The molecular formula is C27H32N2O7. The Morgan fingerprint density at radius 3 is 2.36 bits per heavy atom. The SMILES string of the molecule is COc1cc(C2C(C(=O)/C=C/c3ccco3)=C(O)C(=O)N2CCN2CCCCC2)cc(OC)c1OC. The fourth-order valence-electron chi connectivity index (χ4n) is 4.81. The van der Waals surface area contributed by atoms with E-state index >= 15 is 0 Å². The molecule has 1 fully saturated rings. The van der Waals surface area contributed by atoms with Crippen molar-refractivity contribution in [1.29, 1.82) is 0 Å². The summed E-state index contributed by atoms with van der Waals surface area (Å²) in [6.07, 6.45) is 7.76. The Bertz CT molecular complexity index is 1120. The lowest BCUT2D eigenvalue weighted by molar-refractivity contribution is -0.129. The van der Waals surface area contributed by atoms with Crippen LogP contribution in [-0.2, 0) is 9.59 Å². The van der Waals surface area contributed by atoms with Gasteiger partial charge in [-0.25, -0.2) is 0 Å². The van der Waals surface area contributed by atoms with Crippen LogP contribution in [0.4, 0.5) is 0 Å². The van der Waals surface area contributed by atoms with E-state index in [0.29, 0.717) is 41.7 Å². The van der Waals surface area contributed by atoms with Gasteiger partial charge in [-0.3, -0.25) is 9.59 Å². The van der Waals surface area contributed by atoms with Gasteiger partial charge in [-0.2, -0.15) is 0 Å². The summed E-state index contributed by atoms with van der Waals surface area (Å²) in [7, 11) is 4.51. The second-order valence-corrected chi connectivity index (χ2v) is 8.74. The molecule has 0 spiro atoms. The normalized spacial score (nSPS) is 18.8. The first-order valence-corrected chi connectivity index (χ1v) is 12.0. The maximum absolute atomic E-state index is 13.3. The van der Waals surface area contributed by atoms with Crippen molar-refractivity contribution in [3.05, 3.63) is 59.3 Å². The van der Waals surface area contributed by atoms with Gasteiger partial charge >= 0.3 is 0 Å². The molecule has 1 N–H and O–H groups in total. The molecule has 4 rings (SSSR count). The smallest absolute Gasteiger partial charge is 0.290 e. The Hall–Kier alpha value is -3.72. The number of furan rings is 1. The lowest BCUT2D eigenvalue weighted by atomic mass is 9.95. The summed E-state index contributed by atoms with van der Waals surface area (Å²) in [6.45, 7) is 2.93. The molecule has 1 aromatic carbocycles. The van der Waals surface area contributed by atoms with Crippen molar-refractivity contribution in [3.8, 4) is 17.2 Å². The number of ketones is 1. The zero-order valence-corrected chi connectivity index (χ0v) is 20.9. The fraction of sp³-hybridized carbons (Fsp3) is 0.407. The van der Waals surface area contributed by atoms with E-state index in [1.165, 1.54) is 46.2 Å². The molecule has 1 aromatic heterocycles. The summed E-state index contributed by atoms with van der Waals surface area (Å²) in [5, 5.41) is 10.9. The zero-order chi connectivity index (χ0) is 25.7. The highest BCUT2D eigenvalue weighted by Gasteiger charge is 2.43. The molecule has 1 amide bonds. The number of carbonyl (C=O) groups is 2. The number of hydrogen-bond donors (Lipinski definition) is 1. The number of piperidine rings is 1. The van der Waals surface area contributed by atoms with Crippen LogP contribution < -0.4 is 14.2 Å². The highest BCUT2D eigenvalue weighted by atomic mass is 16.5. The molecule has 9 nitrogen and oxygen atoms in total. The van der Waals surface area contributed by atoms with E-state index in [4.69, 9.17) is 18.6 Å². The lowest BCUT2D eigenvalue weighted by Crippen LogP contribution is -2.40. The fourth-order valence-corrected chi connectivity index (χ4v) is 4.81. The number of methoxy groups -OCH3 is 3. The molecule has 3 heterocycles. The summed E-state index contributed by atoms with van der Waals surface area (Å²) < 4.78 is 21.7. The van der Waals surface area contributed by atoms with Crippen molar-refractivity contribution >= 4 is 17.8 Å². The van der Waals surface area contributed by atoms with Gasteiger partial charge in [0.15, 0.2) is 23.0 Å². The van der Waals surface area contributed by atoms with Gasteiger partial charge < -0.3 is 33.5 Å². The Morgan fingerprint density at radius 2 is 1.78 bits per heavy atom. The molecule has 0 saturated carbocycles. The second kappa shape index (κ2) is 11.3. The van der Waals surface area contributed by atoms with Gasteiger partial charge in [-0.05, 0) is 67.9 Å². The van der Waals surface area contributed by atoms with Crippen LogP contribution in [-0.4, -0.2) is 74.1 Å². The number of aliphatic hydroxyl groups is 1. The number of hydrogen-bond acceptors (Lipinski definition) is 8. The molecule has 0 aliphatic carbocycles. The van der Waals surface area contributed by atoms with E-state index in [1.54, 1.807) is 29.2 Å². The van der Waals surface area contributed by atoms with Crippen molar-refractivity contribution in [2.24, 2.45) is 0 Å². The van der Waals surface area contributed by atoms with E-state index in [0.717, 1.165) is 25.9 Å². The van der Waals surface area contributed by atoms with E-state index < -0.39 is 23.5 Å². The summed E-state index contributed by atoms with van der Waals surface area (Å²) in [5.41, 5.74) is 0.561. The van der Waals surface area contributed by atoms with Gasteiger partial charge in [0.05, 0.1) is 39.2 Å². The zero-order valence-electron chi connectivity index (χ0n) is 20.9. The first-order valence-electron chi connectivity index (χ1n) is 12.0. The molecule has 1 unspecified atom stereocenters. The predicted molar refractivity (Wildman–Crippen MR) is 133 cm³/mol. The Balaban J connectivity index is 1.73. The quantitative estimate of drug-likeness (QED) is 0.496. The minimum atomic E-state index is -0.829. The first-order chi connectivity index (χ1) is 17.5. The monoisotopic (exact) mass is 496 g/mol. The van der Waals surface area contributed by atoms with Crippen molar-refractivity contribution in [1.82, 2.24) is 9.80 Å². The summed E-state index contributed by atoms with van der Waals surface area (Å²) in [5.74, 6) is 0.0310. The van der Waals surface area contributed by atoms with Gasteiger partial charge in [0.2, 0.25) is 5.75 Å². The van der Waals surface area contributed by atoms with Crippen molar-refractivity contribution < 1.29 is 33.3 Å². The van der Waals surface area contributed by atoms with E-state index in [9.17, 15) is 14.7 Å². The molecule has 0 bridgehead atoms. The van der Waals surface area contributed by atoms with E-state index in [2.05, 4.69) is 4.90 Å². The third-order valence-corrected chi connectivity index (χ3v) is 6.62. The number of nitrogens with zero attached hydrogens (tertiary/aromatic N) is 2. The molecule has 36 heavy (non-hydrogen) atoms. The molecule has 1 atom stereocenters. The average molecular weight is 497 g/mol. The Morgan fingerprint density at radius 1 is 1.08 bits per heavy atom. The average Bonchev–Trinajstić information content (AvgIpc) is 3.52. The number of aliphatic hydroxyl groups excluding tert-OH is 1. The number of likely N-dealkylation sites (tertiary alicyclic amines) is 1. The van der Waals surface area contributed by atoms with Crippen LogP contribution in [0.3, 0.4) is 0 Å². The topological polar surface area (TPSA) is 102 Å². The van der Waals surface area contributed by atoms with Gasteiger partial charge in [0.1, 0.15) is 5.76 Å². The predicted octanol–water partition coefficient (Wildman–Crippen LogP) is 3.77. The summed E-state index contributed by atoms with van der Waals surface area (Å²) in [4.78, 5) is 30.4. The van der Waals surface area contributed by atoms with Crippen molar-refractivity contribution in [2.45, 2.75) is 25.3 Å². The van der Waals surface area contributed by atoms with Crippen LogP contribution in [0.2, 0.25) is 0 Å². The van der Waals surface area contributed by atoms with Gasteiger partial charge in [-0.15, -0.1) is 0 Å². The number of carbonyl (C=O) groups excluding carboxylic acids is 2. The third kappa shape index (κ3) is 5.11. The van der Waals surface area contributed by atoms with Gasteiger partial charge in [0.25, 0.3) is 5.91 Å². The first kappa shape index (κ1) is 25.4. The highest BCUT2D eigenvalue weighted by Crippen LogP contribution is 2.45. The number of allylic oxidation sites excluding steroid dienone is 1. The van der Waals surface area contributed by atoms with Crippen LogP contribution in [0.1, 0.15) is 36.6 Å². The van der Waals surface area contributed by atoms with Crippen LogP contribution in [0, 0.1) is 0 Å². The highest BCUT2D eigenvalue weighted by molar-refractivity contribution is 6.14. The molecule has 9 heteroatoms. The molecular weight excluding hydrogens is 464 g/mol.